The Morgan fingerprint density at radius 1 is 1.15 bits per heavy atom. The lowest BCUT2D eigenvalue weighted by Gasteiger charge is -2.29. The monoisotopic (exact) mass is 397 g/mol. The molecule has 1 N–H and O–H groups in total. The number of nitrogens with one attached hydrogen (secondary N) is 1. The van der Waals surface area contributed by atoms with Gasteiger partial charge in [-0.15, -0.1) is 11.3 Å². The lowest BCUT2D eigenvalue weighted by atomic mass is 10.1. The van der Waals surface area contributed by atoms with E-state index in [1.807, 2.05) is 36.4 Å². The minimum Gasteiger partial charge on any atom is -0.422 e. The molecule has 0 radical (unpaired) electrons. The summed E-state index contributed by atoms with van der Waals surface area (Å²) in [5.74, 6) is 0. The largest absolute Gasteiger partial charge is 0.422 e. The van der Waals surface area contributed by atoms with E-state index in [9.17, 15) is 4.79 Å². The van der Waals surface area contributed by atoms with Gasteiger partial charge in [0.05, 0.1) is 20.8 Å². The van der Waals surface area contributed by atoms with Crippen LogP contribution in [-0.2, 0) is 0 Å². The number of nitrogens with zero attached hydrogens (tertiary/aromatic N) is 2. The van der Waals surface area contributed by atoms with Gasteiger partial charge in [-0.25, -0.2) is 9.78 Å². The van der Waals surface area contributed by atoms with Gasteiger partial charge in [0, 0.05) is 43.3 Å². The van der Waals surface area contributed by atoms with Crippen LogP contribution in [0.2, 0.25) is 5.02 Å². The highest BCUT2D eigenvalue weighted by Crippen LogP contribution is 2.34. The SMILES string of the molecule is O=c1oc2cc(N3CCNCC3)ccc2cc1-c1nc2cccc(Cl)c2s1. The Labute approximate surface area is 164 Å². The molecular weight excluding hydrogens is 382 g/mol. The van der Waals surface area contributed by atoms with Gasteiger partial charge in [0.25, 0.3) is 0 Å². The van der Waals surface area contributed by atoms with Crippen LogP contribution in [-0.4, -0.2) is 31.2 Å². The zero-order chi connectivity index (χ0) is 18.4. The van der Waals surface area contributed by atoms with Gasteiger partial charge in [-0.1, -0.05) is 17.7 Å². The zero-order valence-corrected chi connectivity index (χ0v) is 15.9. The number of halogens is 1. The van der Waals surface area contributed by atoms with E-state index in [-0.39, 0.29) is 5.63 Å². The summed E-state index contributed by atoms with van der Waals surface area (Å²) in [5.41, 5.74) is 2.55. The van der Waals surface area contributed by atoms with Crippen molar-refractivity contribution in [2.45, 2.75) is 0 Å². The fraction of sp³-hybridized carbons (Fsp3) is 0.200. The van der Waals surface area contributed by atoms with Crippen molar-refractivity contribution in [1.29, 1.82) is 0 Å². The second-order valence-electron chi connectivity index (χ2n) is 6.51. The van der Waals surface area contributed by atoms with E-state index in [2.05, 4.69) is 21.3 Å². The summed E-state index contributed by atoms with van der Waals surface area (Å²) >= 11 is 7.65. The van der Waals surface area contributed by atoms with Crippen LogP contribution < -0.4 is 15.8 Å². The van der Waals surface area contributed by atoms with Crippen molar-refractivity contribution in [3.63, 3.8) is 0 Å². The van der Waals surface area contributed by atoms with Gasteiger partial charge in [-0.2, -0.15) is 0 Å². The molecule has 3 heterocycles. The van der Waals surface area contributed by atoms with Crippen LogP contribution in [0.1, 0.15) is 0 Å². The van der Waals surface area contributed by atoms with E-state index in [1.54, 1.807) is 0 Å². The van der Waals surface area contributed by atoms with Gasteiger partial charge < -0.3 is 14.6 Å². The van der Waals surface area contributed by atoms with Crippen LogP contribution in [0, 0.1) is 0 Å². The summed E-state index contributed by atoms with van der Waals surface area (Å²) < 4.78 is 6.52. The predicted molar refractivity (Wildman–Crippen MR) is 111 cm³/mol. The van der Waals surface area contributed by atoms with E-state index in [0.717, 1.165) is 47.5 Å². The summed E-state index contributed by atoms with van der Waals surface area (Å²) in [5, 5.41) is 5.49. The summed E-state index contributed by atoms with van der Waals surface area (Å²) in [4.78, 5) is 19.5. The summed E-state index contributed by atoms with van der Waals surface area (Å²) in [6.45, 7) is 3.81. The van der Waals surface area contributed by atoms with Gasteiger partial charge in [0.15, 0.2) is 0 Å². The average molecular weight is 398 g/mol. The van der Waals surface area contributed by atoms with E-state index in [4.69, 9.17) is 16.0 Å². The van der Waals surface area contributed by atoms with E-state index >= 15 is 0 Å². The van der Waals surface area contributed by atoms with Crippen molar-refractivity contribution in [3.8, 4) is 10.6 Å². The first-order chi connectivity index (χ1) is 13.2. The van der Waals surface area contributed by atoms with Crippen molar-refractivity contribution in [3.05, 3.63) is 57.9 Å². The second kappa shape index (κ2) is 6.64. The second-order valence-corrected chi connectivity index (χ2v) is 7.92. The molecule has 5 rings (SSSR count). The highest BCUT2D eigenvalue weighted by molar-refractivity contribution is 7.22. The molecule has 2 aromatic heterocycles. The van der Waals surface area contributed by atoms with Gasteiger partial charge in [-0.3, -0.25) is 0 Å². The van der Waals surface area contributed by atoms with Crippen molar-refractivity contribution in [1.82, 2.24) is 10.3 Å². The lowest BCUT2D eigenvalue weighted by molar-refractivity contribution is 0.561. The molecule has 136 valence electrons. The molecule has 0 aliphatic carbocycles. The van der Waals surface area contributed by atoms with Crippen LogP contribution in [0.15, 0.2) is 51.7 Å². The summed E-state index contributed by atoms with van der Waals surface area (Å²) in [6, 6.07) is 13.5. The molecule has 1 fully saturated rings. The third-order valence-electron chi connectivity index (χ3n) is 4.80. The van der Waals surface area contributed by atoms with Gasteiger partial charge in [0.1, 0.15) is 10.6 Å². The number of anilines is 1. The predicted octanol–water partition coefficient (Wildman–Crippen LogP) is 4.13. The van der Waals surface area contributed by atoms with Crippen LogP contribution in [0.3, 0.4) is 0 Å². The summed E-state index contributed by atoms with van der Waals surface area (Å²) in [7, 11) is 0. The fourth-order valence-corrected chi connectivity index (χ4v) is 4.66. The topological polar surface area (TPSA) is 58.4 Å². The highest BCUT2D eigenvalue weighted by Gasteiger charge is 2.16. The molecule has 1 aliphatic heterocycles. The molecule has 0 atom stereocenters. The molecule has 4 aromatic rings. The quantitative estimate of drug-likeness (QED) is 0.515. The Morgan fingerprint density at radius 2 is 2.00 bits per heavy atom. The number of rotatable bonds is 2. The molecule has 0 unspecified atom stereocenters. The van der Waals surface area contributed by atoms with E-state index in [0.29, 0.717) is 21.2 Å². The molecular formula is C20H16ClN3O2S. The smallest absolute Gasteiger partial charge is 0.346 e. The number of benzene rings is 2. The van der Waals surface area contributed by atoms with Crippen molar-refractivity contribution in [2.24, 2.45) is 0 Å². The number of thiazole rings is 1. The molecule has 0 bridgehead atoms. The van der Waals surface area contributed by atoms with Gasteiger partial charge >= 0.3 is 5.63 Å². The number of hydrogen-bond acceptors (Lipinski definition) is 6. The molecule has 2 aromatic carbocycles. The normalized spacial score (nSPS) is 14.9. The third-order valence-corrected chi connectivity index (χ3v) is 6.36. The number of hydrogen-bond donors (Lipinski definition) is 1. The minimum absolute atomic E-state index is 0.380. The number of aromatic nitrogens is 1. The standard InChI is InChI=1S/C20H16ClN3O2S/c21-15-2-1-3-16-18(15)27-19(23-16)14-10-12-4-5-13(11-17(12)26-20(14)25)24-8-6-22-7-9-24/h1-5,10-11,22H,6-9H2. The summed E-state index contributed by atoms with van der Waals surface area (Å²) in [6.07, 6.45) is 0. The molecule has 7 heteroatoms. The van der Waals surface area contributed by atoms with Gasteiger partial charge in [-0.05, 0) is 30.3 Å². The highest BCUT2D eigenvalue weighted by atomic mass is 35.5. The van der Waals surface area contributed by atoms with Crippen molar-refractivity contribution >= 4 is 49.8 Å². The van der Waals surface area contributed by atoms with Gasteiger partial charge in [0.2, 0.25) is 0 Å². The van der Waals surface area contributed by atoms with E-state index < -0.39 is 0 Å². The fourth-order valence-electron chi connectivity index (χ4n) is 3.40. The first kappa shape index (κ1) is 16.7. The molecule has 1 saturated heterocycles. The third kappa shape index (κ3) is 3.00. The van der Waals surface area contributed by atoms with Crippen LogP contribution in [0.25, 0.3) is 31.8 Å². The Bertz CT molecular complexity index is 1210. The van der Waals surface area contributed by atoms with Crippen molar-refractivity contribution in [2.75, 3.05) is 31.1 Å². The Morgan fingerprint density at radius 3 is 2.81 bits per heavy atom. The maximum atomic E-state index is 12.6. The minimum atomic E-state index is -0.380. The van der Waals surface area contributed by atoms with Crippen LogP contribution >= 0.6 is 22.9 Å². The molecule has 0 saturated carbocycles. The molecule has 5 nitrogen and oxygen atoms in total. The molecule has 27 heavy (non-hydrogen) atoms. The molecule has 0 amide bonds. The first-order valence-corrected chi connectivity index (χ1v) is 9.97. The molecule has 1 aliphatic rings. The first-order valence-electron chi connectivity index (χ1n) is 8.78. The lowest BCUT2D eigenvalue weighted by Crippen LogP contribution is -2.43. The Hall–Kier alpha value is -2.41. The Kier molecular flexibility index (Phi) is 4.11. The zero-order valence-electron chi connectivity index (χ0n) is 14.4. The van der Waals surface area contributed by atoms with Crippen molar-refractivity contribution < 1.29 is 4.42 Å². The van der Waals surface area contributed by atoms with Crippen LogP contribution in [0.4, 0.5) is 5.69 Å². The van der Waals surface area contributed by atoms with Crippen LogP contribution in [0.5, 0.6) is 0 Å². The Balaban J connectivity index is 1.60. The number of fused-ring (bicyclic) bond motifs is 2. The maximum Gasteiger partial charge on any atom is 0.346 e. The van der Waals surface area contributed by atoms with E-state index in [1.165, 1.54) is 11.3 Å². The molecule has 0 spiro atoms. The average Bonchev–Trinajstić information content (AvgIpc) is 3.13. The maximum absolute atomic E-state index is 12.6. The number of piperazine rings is 1.